The van der Waals surface area contributed by atoms with Crippen LogP contribution in [0.5, 0.6) is 0 Å². The van der Waals surface area contributed by atoms with Crippen LogP contribution in [0.4, 0.5) is 10.5 Å². The van der Waals surface area contributed by atoms with E-state index in [0.29, 0.717) is 23.9 Å². The van der Waals surface area contributed by atoms with Crippen LogP contribution in [0.2, 0.25) is 0 Å². The highest BCUT2D eigenvalue weighted by Gasteiger charge is 2.14. The number of carbonyl (C=O) groups is 2. The Bertz CT molecular complexity index is 1240. The van der Waals surface area contributed by atoms with Crippen LogP contribution in [0.3, 0.4) is 0 Å². The molecule has 0 aliphatic rings. The number of anilines is 1. The van der Waals surface area contributed by atoms with Crippen LogP contribution in [0.25, 0.3) is 22.8 Å². The number of rotatable bonds is 8. The lowest BCUT2D eigenvalue weighted by molar-refractivity contribution is -0.116. The maximum absolute atomic E-state index is 12.5. The van der Waals surface area contributed by atoms with Gasteiger partial charge in [-0.15, -0.1) is 0 Å². The van der Waals surface area contributed by atoms with Crippen LogP contribution in [0, 0.1) is 0 Å². The van der Waals surface area contributed by atoms with Crippen LogP contribution in [0.15, 0.2) is 84.9 Å². The average molecular weight is 455 g/mol. The van der Waals surface area contributed by atoms with E-state index in [9.17, 15) is 9.59 Å². The highest BCUT2D eigenvalue weighted by atomic mass is 16.2. The Hall–Kier alpha value is -4.46. The number of nitrogens with zero attached hydrogens (tertiary/aromatic N) is 3. The maximum atomic E-state index is 12.5. The molecule has 172 valence electrons. The van der Waals surface area contributed by atoms with Crippen molar-refractivity contribution in [1.29, 1.82) is 0 Å². The van der Waals surface area contributed by atoms with Crippen LogP contribution >= 0.6 is 0 Å². The summed E-state index contributed by atoms with van der Waals surface area (Å²) in [6.45, 7) is 0.723. The highest BCUT2D eigenvalue weighted by molar-refractivity contribution is 5.95. The van der Waals surface area contributed by atoms with E-state index >= 15 is 0 Å². The lowest BCUT2D eigenvalue weighted by Gasteiger charge is -2.18. The van der Waals surface area contributed by atoms with Gasteiger partial charge in [0.25, 0.3) is 0 Å². The summed E-state index contributed by atoms with van der Waals surface area (Å²) in [7, 11) is 1.72. The van der Waals surface area contributed by atoms with E-state index in [4.69, 9.17) is 0 Å². The first-order chi connectivity index (χ1) is 16.6. The predicted molar refractivity (Wildman–Crippen MR) is 132 cm³/mol. The van der Waals surface area contributed by atoms with Crippen molar-refractivity contribution < 1.29 is 9.59 Å². The molecule has 8 nitrogen and oxygen atoms in total. The molecule has 0 atom stereocenters. The molecule has 1 heterocycles. The lowest BCUT2D eigenvalue weighted by Crippen LogP contribution is -2.38. The van der Waals surface area contributed by atoms with Gasteiger partial charge in [-0.1, -0.05) is 72.8 Å². The fourth-order valence-electron chi connectivity index (χ4n) is 3.46. The second-order valence-electron chi connectivity index (χ2n) is 7.79. The van der Waals surface area contributed by atoms with Gasteiger partial charge in [0.15, 0.2) is 11.6 Å². The number of amides is 3. The minimum absolute atomic E-state index is 0.144. The lowest BCUT2D eigenvalue weighted by atomic mass is 10.1. The van der Waals surface area contributed by atoms with Gasteiger partial charge < -0.3 is 15.5 Å². The summed E-state index contributed by atoms with van der Waals surface area (Å²) in [5, 5.41) is 12.9. The van der Waals surface area contributed by atoms with Crippen molar-refractivity contribution in [3.63, 3.8) is 0 Å². The first kappa shape index (κ1) is 22.7. The minimum atomic E-state index is -0.229. The van der Waals surface area contributed by atoms with E-state index in [0.717, 1.165) is 16.7 Å². The SMILES string of the molecule is CN(Cc1ccccc1)C(=O)NCCC(=O)Nc1ccccc1-c1nc(-c2ccccc2)n[nH]1. The van der Waals surface area contributed by atoms with Gasteiger partial charge in [0, 0.05) is 37.7 Å². The van der Waals surface area contributed by atoms with E-state index in [1.807, 2.05) is 84.9 Å². The molecule has 0 radical (unpaired) electrons. The monoisotopic (exact) mass is 454 g/mol. The Morgan fingerprint density at radius 1 is 0.912 bits per heavy atom. The number of benzene rings is 3. The topological polar surface area (TPSA) is 103 Å². The summed E-state index contributed by atoms with van der Waals surface area (Å²) in [4.78, 5) is 31.0. The van der Waals surface area contributed by atoms with E-state index in [2.05, 4.69) is 25.8 Å². The molecule has 0 unspecified atom stereocenters. The first-order valence-electron chi connectivity index (χ1n) is 11.0. The zero-order chi connectivity index (χ0) is 23.8. The molecule has 0 spiro atoms. The van der Waals surface area contributed by atoms with Crippen molar-refractivity contribution in [3.05, 3.63) is 90.5 Å². The third-order valence-electron chi connectivity index (χ3n) is 5.21. The number of aromatic nitrogens is 3. The van der Waals surface area contributed by atoms with E-state index in [-0.39, 0.29) is 24.9 Å². The third-order valence-corrected chi connectivity index (χ3v) is 5.21. The number of nitrogens with one attached hydrogen (secondary N) is 3. The molecule has 1 aromatic heterocycles. The molecule has 3 aromatic carbocycles. The zero-order valence-corrected chi connectivity index (χ0v) is 18.9. The van der Waals surface area contributed by atoms with Crippen LogP contribution in [-0.2, 0) is 11.3 Å². The number of hydrogen-bond donors (Lipinski definition) is 3. The fraction of sp³-hybridized carbons (Fsp3) is 0.154. The van der Waals surface area contributed by atoms with E-state index in [1.165, 1.54) is 0 Å². The normalized spacial score (nSPS) is 10.5. The van der Waals surface area contributed by atoms with Gasteiger partial charge in [0.1, 0.15) is 0 Å². The summed E-state index contributed by atoms with van der Waals surface area (Å²) in [5.41, 5.74) is 3.30. The molecule has 4 aromatic rings. The number of hydrogen-bond acceptors (Lipinski definition) is 4. The second-order valence-corrected chi connectivity index (χ2v) is 7.79. The van der Waals surface area contributed by atoms with Gasteiger partial charge in [0.05, 0.1) is 5.69 Å². The van der Waals surface area contributed by atoms with Crippen molar-refractivity contribution in [2.24, 2.45) is 0 Å². The van der Waals surface area contributed by atoms with E-state index in [1.54, 1.807) is 11.9 Å². The number of carbonyl (C=O) groups excluding carboxylic acids is 2. The third kappa shape index (κ3) is 5.86. The summed E-state index contributed by atoms with van der Waals surface area (Å²) >= 11 is 0. The molecule has 0 aliphatic heterocycles. The molecule has 0 saturated carbocycles. The first-order valence-corrected chi connectivity index (χ1v) is 11.0. The standard InChI is InChI=1S/C26H26N6O2/c1-32(18-19-10-4-2-5-11-19)26(34)27-17-16-23(33)28-22-15-9-8-14-21(22)25-29-24(30-31-25)20-12-6-3-7-13-20/h2-15H,16-18H2,1H3,(H,27,34)(H,28,33)(H,29,30,31). The van der Waals surface area contributed by atoms with E-state index < -0.39 is 0 Å². The zero-order valence-electron chi connectivity index (χ0n) is 18.9. The second kappa shape index (κ2) is 10.9. The Morgan fingerprint density at radius 2 is 1.59 bits per heavy atom. The number of para-hydroxylation sites is 1. The molecule has 3 N–H and O–H groups in total. The molecule has 34 heavy (non-hydrogen) atoms. The van der Waals surface area contributed by atoms with Crippen LogP contribution in [0.1, 0.15) is 12.0 Å². The van der Waals surface area contributed by atoms with Gasteiger partial charge in [-0.3, -0.25) is 9.89 Å². The molecule has 0 bridgehead atoms. The Labute approximate surface area is 198 Å². The van der Waals surface area contributed by atoms with Crippen molar-refractivity contribution in [2.75, 3.05) is 18.9 Å². The smallest absolute Gasteiger partial charge is 0.317 e. The largest absolute Gasteiger partial charge is 0.337 e. The highest BCUT2D eigenvalue weighted by Crippen LogP contribution is 2.26. The number of aromatic amines is 1. The van der Waals surface area contributed by atoms with Gasteiger partial charge >= 0.3 is 6.03 Å². The van der Waals surface area contributed by atoms with Crippen molar-refractivity contribution in [3.8, 4) is 22.8 Å². The molecule has 8 heteroatoms. The van der Waals surface area contributed by atoms with Crippen molar-refractivity contribution >= 4 is 17.6 Å². The quantitative estimate of drug-likeness (QED) is 0.369. The Balaban J connectivity index is 1.32. The summed E-state index contributed by atoms with van der Waals surface area (Å²) < 4.78 is 0. The molecule has 0 fully saturated rings. The molecular weight excluding hydrogens is 428 g/mol. The van der Waals surface area contributed by atoms with Crippen molar-refractivity contribution in [2.45, 2.75) is 13.0 Å². The van der Waals surface area contributed by atoms with Crippen LogP contribution in [-0.4, -0.2) is 45.6 Å². The van der Waals surface area contributed by atoms with Gasteiger partial charge in [-0.25, -0.2) is 9.78 Å². The average Bonchev–Trinajstić information content (AvgIpc) is 3.36. The maximum Gasteiger partial charge on any atom is 0.317 e. The molecule has 0 aliphatic carbocycles. The molecule has 4 rings (SSSR count). The van der Waals surface area contributed by atoms with Gasteiger partial charge in [-0.2, -0.15) is 5.10 Å². The van der Waals surface area contributed by atoms with Crippen molar-refractivity contribution in [1.82, 2.24) is 25.4 Å². The number of urea groups is 1. The van der Waals surface area contributed by atoms with Gasteiger partial charge in [-0.05, 0) is 17.7 Å². The Morgan fingerprint density at radius 3 is 2.35 bits per heavy atom. The van der Waals surface area contributed by atoms with Crippen LogP contribution < -0.4 is 10.6 Å². The Kier molecular flexibility index (Phi) is 7.29. The van der Waals surface area contributed by atoms with Gasteiger partial charge in [0.2, 0.25) is 5.91 Å². The fourth-order valence-corrected chi connectivity index (χ4v) is 3.46. The molecule has 3 amide bonds. The minimum Gasteiger partial charge on any atom is -0.337 e. The molecule has 0 saturated heterocycles. The molecular formula is C26H26N6O2. The number of H-pyrrole nitrogens is 1. The predicted octanol–water partition coefficient (Wildman–Crippen LogP) is 4.31. The summed E-state index contributed by atoms with van der Waals surface area (Å²) in [6.07, 6.45) is 0.144. The summed E-state index contributed by atoms with van der Waals surface area (Å²) in [5.74, 6) is 0.936. The summed E-state index contributed by atoms with van der Waals surface area (Å²) in [6, 6.07) is 26.6.